The number of amides is 2. The van der Waals surface area contributed by atoms with Gasteiger partial charge in [0, 0.05) is 79.8 Å². The van der Waals surface area contributed by atoms with E-state index in [0.29, 0.717) is 110 Å². The Hall–Kier alpha value is -14.6. The van der Waals surface area contributed by atoms with Crippen molar-refractivity contribution in [1.29, 1.82) is 0 Å². The Morgan fingerprint density at radius 2 is 0.758 bits per heavy atom. The number of carbonyl (C=O) groups excluding carboxylic acids is 3. The minimum absolute atomic E-state index is 0.0207. The van der Waals surface area contributed by atoms with Crippen molar-refractivity contribution in [1.82, 2.24) is 23.2 Å². The predicted octanol–water partition coefficient (Wildman–Crippen LogP) is 22.7. The molecule has 26 nitrogen and oxygen atoms in total. The Balaban J connectivity index is 0.000000135. The molecule has 0 radical (unpaired) electrons. The van der Waals surface area contributed by atoms with Gasteiger partial charge in [-0.05, 0) is 236 Å². The zero-order valence-electron chi connectivity index (χ0n) is 67.9. The summed E-state index contributed by atoms with van der Waals surface area (Å²) in [6, 6.07) is 77.5. The molecule has 0 atom stereocenters. The van der Waals surface area contributed by atoms with Crippen molar-refractivity contribution in [2.24, 2.45) is 20.7 Å². The van der Waals surface area contributed by atoms with Crippen molar-refractivity contribution in [2.75, 3.05) is 53.2 Å². The van der Waals surface area contributed by atoms with Gasteiger partial charge in [-0.3, -0.25) is 19.3 Å². The number of aryl methyl sites for hydroxylation is 2. The summed E-state index contributed by atoms with van der Waals surface area (Å²) in [5.74, 6) is 0.265. The van der Waals surface area contributed by atoms with Crippen LogP contribution in [0.4, 0.5) is 22.7 Å². The van der Waals surface area contributed by atoms with Crippen molar-refractivity contribution < 1.29 is 58.2 Å². The van der Waals surface area contributed by atoms with Gasteiger partial charge in [-0.25, -0.2) is 4.79 Å². The smallest absolute Gasteiger partial charge is 0.336 e. The standard InChI is InChI=1S/C26H21N3O5.C26H20N2O5S.C23H20N2O3S.C20H20N2O4S/c1-34-18-7-4-6-16(14-18)17-10-11-21-22(15-17)28(26(32)23(21)27-33)12-5-13-29-24(30)19-8-2-3-9-20(19)25(29)31;1-32-18-6-10-20-17(12-24(29)33-23(20)13-18)14-28-22-11-16(15-3-7-19(34-2)8-4-15)5-9-21(22)25(27-31)26(28)30;1-29-19-10-7-16(8-11-19)17-9-12-20-21(15-17)25(23(26)22(20)24-27)13-14-28-18-5-3-2-4-6-18;1-26-18(23)4-3-11-22-17-12-14(13-5-8-15(27-2)9-6-13)7-10-16(17)19(21-25)20(22)24/h2-4,6-11,14-15,32H,5,12-13H2,1H3;3-13,30H,14H2,1-2H3;2-12,15,26H,13-14H2,1H3;5-10,12,24H,3-4,11H2,1-2H3. The number of hydrogen-bond donors (Lipinski definition) is 4. The lowest BCUT2D eigenvalue weighted by Crippen LogP contribution is -2.31. The Morgan fingerprint density at radius 1 is 0.379 bits per heavy atom. The molecule has 0 saturated carbocycles. The van der Waals surface area contributed by atoms with Crippen LogP contribution in [0.25, 0.3) is 99.1 Å². The zero-order valence-corrected chi connectivity index (χ0v) is 70.3. The van der Waals surface area contributed by atoms with Crippen LogP contribution in [0.1, 0.15) is 45.5 Å². The SMILES string of the molecule is COC(=O)CCCn1c(O)c(N=O)c2ccc(-c3ccc(SC)cc3)cc21.COc1ccc2c(Cn3c(O)c(N=O)c4ccc(-c5ccc(SC)cc5)cc43)cc(=O)oc2c1.COc1cccc(-c2ccc3c(N=O)c(O)n(CCCN4C(=O)c5ccccc5C4=O)c3c2)c1.CSc1ccc(-c2ccc3c(N=O)c(O)n(CCOc4ccccc4)c3c2)cc1. The number of para-hydroxylation sites is 1. The second kappa shape index (κ2) is 38.9. The first-order chi connectivity index (χ1) is 60.3. The molecular formula is C95H81N9O17S3. The number of methoxy groups -OCH3 is 3. The average molecular weight is 1720 g/mol. The first kappa shape index (κ1) is 85.9. The second-order valence-corrected chi connectivity index (χ2v) is 31.0. The Morgan fingerprint density at radius 3 is 1.19 bits per heavy atom. The highest BCUT2D eigenvalue weighted by molar-refractivity contribution is 7.99. The number of aromatic nitrogens is 4. The van der Waals surface area contributed by atoms with E-state index in [-0.39, 0.29) is 90.1 Å². The van der Waals surface area contributed by atoms with Gasteiger partial charge in [-0.2, -0.15) is 0 Å². The molecular weight excluding hydrogens is 1640 g/mol. The topological polar surface area (TPSA) is 340 Å². The van der Waals surface area contributed by atoms with Crippen LogP contribution in [-0.4, -0.2) is 115 Å². The summed E-state index contributed by atoms with van der Waals surface area (Å²) >= 11 is 5.04. The summed E-state index contributed by atoms with van der Waals surface area (Å²) in [5, 5.41) is 57.6. The van der Waals surface area contributed by atoms with Crippen molar-refractivity contribution in [3.8, 4) is 85.3 Å². The lowest BCUT2D eigenvalue weighted by Gasteiger charge is -2.15. The molecule has 0 unspecified atom stereocenters. The molecule has 2 amide bonds. The zero-order chi connectivity index (χ0) is 87.2. The number of hydrogen-bond acceptors (Lipinski definition) is 24. The minimum Gasteiger partial charge on any atom is -0.497 e. The average Bonchev–Trinajstić information content (AvgIpc) is 1.64. The fraction of sp³-hybridized carbons (Fsp3) is 0.158. The van der Waals surface area contributed by atoms with E-state index in [4.69, 9.17) is 18.6 Å². The molecule has 0 bridgehead atoms. The molecule has 11 aromatic carbocycles. The maximum Gasteiger partial charge on any atom is 0.336 e. The molecule has 0 spiro atoms. The van der Waals surface area contributed by atoms with Gasteiger partial charge < -0.3 is 62.1 Å². The maximum atomic E-state index is 12.6. The van der Waals surface area contributed by atoms with Gasteiger partial charge in [-0.1, -0.05) is 103 Å². The number of imide groups is 1. The predicted molar refractivity (Wildman–Crippen MR) is 488 cm³/mol. The van der Waals surface area contributed by atoms with Gasteiger partial charge in [-0.15, -0.1) is 54.9 Å². The summed E-state index contributed by atoms with van der Waals surface area (Å²) in [5.41, 5.74) is 11.8. The van der Waals surface area contributed by atoms with Crippen molar-refractivity contribution in [3.63, 3.8) is 0 Å². The summed E-state index contributed by atoms with van der Waals surface area (Å²) < 4.78 is 32.8. The first-order valence-electron chi connectivity index (χ1n) is 39.0. The normalized spacial score (nSPS) is 11.5. The molecule has 5 aromatic heterocycles. The summed E-state index contributed by atoms with van der Waals surface area (Å²) in [6.07, 6.45) is 7.20. The summed E-state index contributed by atoms with van der Waals surface area (Å²) in [7, 11) is 4.48. The van der Waals surface area contributed by atoms with E-state index in [0.717, 1.165) is 60.7 Å². The largest absolute Gasteiger partial charge is 0.497 e. The lowest BCUT2D eigenvalue weighted by molar-refractivity contribution is -0.140. The Bertz CT molecular complexity index is 6750. The van der Waals surface area contributed by atoms with Crippen LogP contribution in [0.2, 0.25) is 0 Å². The van der Waals surface area contributed by atoms with E-state index in [1.807, 2.05) is 164 Å². The van der Waals surface area contributed by atoms with Crippen molar-refractivity contribution in [3.05, 3.63) is 295 Å². The highest BCUT2D eigenvalue weighted by Crippen LogP contribution is 2.46. The van der Waals surface area contributed by atoms with Crippen LogP contribution >= 0.6 is 35.3 Å². The van der Waals surface area contributed by atoms with Crippen LogP contribution in [0.15, 0.2) is 293 Å². The van der Waals surface area contributed by atoms with Crippen LogP contribution in [0, 0.1) is 19.6 Å². The fourth-order valence-corrected chi connectivity index (χ4v) is 16.3. The lowest BCUT2D eigenvalue weighted by atomic mass is 10.0. The third-order valence-corrected chi connectivity index (χ3v) is 23.6. The molecule has 6 heterocycles. The number of thioether (sulfide) groups is 3. The van der Waals surface area contributed by atoms with E-state index < -0.39 is 5.63 Å². The molecule has 0 fully saturated rings. The van der Waals surface area contributed by atoms with Crippen LogP contribution in [-0.2, 0) is 35.7 Å². The molecule has 626 valence electrons. The number of esters is 1. The fourth-order valence-electron chi connectivity index (χ4n) is 15.1. The number of rotatable bonds is 27. The molecule has 0 aliphatic carbocycles. The van der Waals surface area contributed by atoms with Gasteiger partial charge in [0.2, 0.25) is 23.5 Å². The quantitative estimate of drug-likeness (QED) is 0.0122. The van der Waals surface area contributed by atoms with E-state index >= 15 is 0 Å². The van der Waals surface area contributed by atoms with E-state index in [1.54, 1.807) is 121 Å². The number of aromatic hydroxyl groups is 4. The van der Waals surface area contributed by atoms with Crippen molar-refractivity contribution >= 4 is 130 Å². The van der Waals surface area contributed by atoms with Gasteiger partial charge >= 0.3 is 11.6 Å². The highest BCUT2D eigenvalue weighted by atomic mass is 32.2. The third-order valence-electron chi connectivity index (χ3n) is 21.4. The van der Waals surface area contributed by atoms with Crippen LogP contribution in [0.5, 0.6) is 40.8 Å². The molecule has 124 heavy (non-hydrogen) atoms. The van der Waals surface area contributed by atoms with Crippen molar-refractivity contribution in [2.45, 2.75) is 60.1 Å². The molecule has 1 aliphatic rings. The molecule has 0 saturated heterocycles. The Kier molecular flexibility index (Phi) is 26.9. The van der Waals surface area contributed by atoms with Gasteiger partial charge in [0.25, 0.3) is 11.8 Å². The number of carbonyl (C=O) groups is 3. The van der Waals surface area contributed by atoms with E-state index in [1.165, 1.54) is 35.0 Å². The number of nitrogens with zero attached hydrogens (tertiary/aromatic N) is 9. The van der Waals surface area contributed by atoms with Gasteiger partial charge in [0.15, 0.2) is 22.7 Å². The van der Waals surface area contributed by atoms with E-state index in [9.17, 15) is 59.2 Å². The number of benzene rings is 11. The first-order valence-corrected chi connectivity index (χ1v) is 42.7. The number of nitroso groups, excluding NO2 is 4. The van der Waals surface area contributed by atoms with Gasteiger partial charge in [0.1, 0.15) is 29.4 Å². The Labute approximate surface area is 722 Å². The molecule has 4 N–H and O–H groups in total. The van der Waals surface area contributed by atoms with Crippen LogP contribution in [0.3, 0.4) is 0 Å². The number of ether oxygens (including phenoxy) is 4. The second-order valence-electron chi connectivity index (χ2n) is 28.4. The number of fused-ring (bicyclic) bond motifs is 6. The molecule has 29 heteroatoms. The van der Waals surface area contributed by atoms with E-state index in [2.05, 4.69) is 61.8 Å². The van der Waals surface area contributed by atoms with Gasteiger partial charge in [0.05, 0.1) is 67.6 Å². The highest BCUT2D eigenvalue weighted by Gasteiger charge is 2.35. The maximum absolute atomic E-state index is 12.6. The third kappa shape index (κ3) is 18.1. The molecule has 16 aromatic rings. The monoisotopic (exact) mass is 1720 g/mol. The minimum atomic E-state index is -0.519. The molecule has 1 aliphatic heterocycles. The summed E-state index contributed by atoms with van der Waals surface area (Å²) in [6.45, 7) is 1.73. The summed E-state index contributed by atoms with van der Waals surface area (Å²) in [4.78, 5) is 99.1. The molecule has 17 rings (SSSR count). The van der Waals surface area contributed by atoms with Crippen LogP contribution < -0.4 is 19.8 Å².